The number of carbonyl (C=O) groups is 1. The van der Waals surface area contributed by atoms with E-state index in [0.29, 0.717) is 5.75 Å². The molecule has 4 nitrogen and oxygen atoms in total. The second-order valence-electron chi connectivity index (χ2n) is 5.91. The Kier molecular flexibility index (Phi) is 8.61. The third-order valence-electron chi connectivity index (χ3n) is 4.24. The van der Waals surface area contributed by atoms with Crippen LogP contribution in [0.15, 0.2) is 54.6 Å². The molecule has 144 valence electrons. The summed E-state index contributed by atoms with van der Waals surface area (Å²) in [5.41, 5.74) is 2.04. The van der Waals surface area contributed by atoms with Gasteiger partial charge in [-0.05, 0) is 37.1 Å². The standard InChI is InChI=1S/C21H26N2O2S2/c1-4-23(5-2)21(26)27-15-19(24)22-20(16-9-7-6-8-10-16)17-11-13-18(25-3)14-12-17/h6-14,20H,4-5,15H2,1-3H3,(H,22,24)/t20-/m0/s1. The van der Waals surface area contributed by atoms with E-state index in [1.54, 1.807) is 7.11 Å². The highest BCUT2D eigenvalue weighted by molar-refractivity contribution is 8.23. The molecule has 0 saturated carbocycles. The minimum absolute atomic E-state index is 0.0424. The van der Waals surface area contributed by atoms with Crippen LogP contribution < -0.4 is 10.1 Å². The first-order chi connectivity index (χ1) is 13.1. The summed E-state index contributed by atoms with van der Waals surface area (Å²) in [6.45, 7) is 5.82. The van der Waals surface area contributed by atoms with E-state index >= 15 is 0 Å². The maximum atomic E-state index is 12.6. The predicted molar refractivity (Wildman–Crippen MR) is 117 cm³/mol. The van der Waals surface area contributed by atoms with Crippen molar-refractivity contribution in [3.05, 3.63) is 65.7 Å². The Labute approximate surface area is 171 Å². The summed E-state index contributed by atoms with van der Waals surface area (Å²) in [4.78, 5) is 14.7. The van der Waals surface area contributed by atoms with Crippen LogP contribution in [0.3, 0.4) is 0 Å². The molecule has 1 atom stereocenters. The van der Waals surface area contributed by atoms with Gasteiger partial charge in [0.2, 0.25) is 5.91 Å². The molecule has 0 bridgehead atoms. The van der Waals surface area contributed by atoms with E-state index in [4.69, 9.17) is 17.0 Å². The number of methoxy groups -OCH3 is 1. The Hall–Kier alpha value is -2.05. The summed E-state index contributed by atoms with van der Waals surface area (Å²) in [5.74, 6) is 1.05. The molecule has 2 rings (SSSR count). The quantitative estimate of drug-likeness (QED) is 0.668. The molecule has 2 aromatic rings. The van der Waals surface area contributed by atoms with Gasteiger partial charge in [-0.2, -0.15) is 0 Å². The van der Waals surface area contributed by atoms with Crippen LogP contribution in [0.25, 0.3) is 0 Å². The van der Waals surface area contributed by atoms with Gasteiger partial charge in [-0.3, -0.25) is 4.79 Å². The summed E-state index contributed by atoms with van der Waals surface area (Å²) in [7, 11) is 1.64. The zero-order valence-electron chi connectivity index (χ0n) is 16.0. The van der Waals surface area contributed by atoms with E-state index < -0.39 is 0 Å². The summed E-state index contributed by atoms with van der Waals surface area (Å²) >= 11 is 6.82. The summed E-state index contributed by atoms with van der Waals surface area (Å²) in [6, 6.07) is 17.5. The van der Waals surface area contributed by atoms with E-state index in [9.17, 15) is 4.79 Å². The minimum atomic E-state index is -0.216. The smallest absolute Gasteiger partial charge is 0.231 e. The molecule has 0 radical (unpaired) electrons. The topological polar surface area (TPSA) is 41.6 Å². The van der Waals surface area contributed by atoms with E-state index in [0.717, 1.165) is 34.3 Å². The Morgan fingerprint density at radius 3 is 2.22 bits per heavy atom. The van der Waals surface area contributed by atoms with Crippen LogP contribution >= 0.6 is 24.0 Å². The van der Waals surface area contributed by atoms with Gasteiger partial charge < -0.3 is 15.0 Å². The van der Waals surface area contributed by atoms with Crippen molar-refractivity contribution in [2.45, 2.75) is 19.9 Å². The maximum Gasteiger partial charge on any atom is 0.231 e. The lowest BCUT2D eigenvalue weighted by Gasteiger charge is -2.22. The molecular weight excluding hydrogens is 376 g/mol. The van der Waals surface area contributed by atoms with Crippen LogP contribution in [0.2, 0.25) is 0 Å². The highest BCUT2D eigenvalue weighted by Gasteiger charge is 2.18. The number of hydrogen-bond donors (Lipinski definition) is 1. The molecule has 0 fully saturated rings. The number of hydrogen-bond acceptors (Lipinski definition) is 4. The molecule has 0 spiro atoms. The van der Waals surface area contributed by atoms with Crippen molar-refractivity contribution < 1.29 is 9.53 Å². The fourth-order valence-electron chi connectivity index (χ4n) is 2.70. The Morgan fingerprint density at radius 1 is 1.07 bits per heavy atom. The van der Waals surface area contributed by atoms with Crippen LogP contribution in [0.1, 0.15) is 31.0 Å². The first-order valence-electron chi connectivity index (χ1n) is 8.99. The Bertz CT molecular complexity index is 732. The van der Waals surface area contributed by atoms with Gasteiger partial charge in [0.1, 0.15) is 10.1 Å². The van der Waals surface area contributed by atoms with Crippen LogP contribution in [0.5, 0.6) is 5.75 Å². The lowest BCUT2D eigenvalue weighted by atomic mass is 9.98. The normalized spacial score (nSPS) is 11.5. The van der Waals surface area contributed by atoms with Crippen molar-refractivity contribution in [2.24, 2.45) is 0 Å². The number of rotatable bonds is 8. The molecule has 0 aliphatic heterocycles. The van der Waals surface area contributed by atoms with Crippen LogP contribution in [-0.2, 0) is 4.79 Å². The van der Waals surface area contributed by atoms with Gasteiger partial charge in [0.05, 0.1) is 18.9 Å². The number of amides is 1. The molecule has 0 heterocycles. The average Bonchev–Trinajstić information content (AvgIpc) is 2.72. The van der Waals surface area contributed by atoms with Gasteiger partial charge >= 0.3 is 0 Å². The van der Waals surface area contributed by atoms with Gasteiger partial charge in [0.25, 0.3) is 0 Å². The zero-order chi connectivity index (χ0) is 19.6. The molecule has 6 heteroatoms. The molecular formula is C21H26N2O2S2. The van der Waals surface area contributed by atoms with Crippen LogP contribution in [0.4, 0.5) is 0 Å². The molecule has 0 saturated heterocycles. The van der Waals surface area contributed by atoms with Crippen molar-refractivity contribution >= 4 is 34.2 Å². The molecule has 2 aromatic carbocycles. The van der Waals surface area contributed by atoms with Gasteiger partial charge in [0.15, 0.2) is 0 Å². The van der Waals surface area contributed by atoms with Crippen molar-refractivity contribution in [1.82, 2.24) is 10.2 Å². The average molecular weight is 403 g/mol. The maximum absolute atomic E-state index is 12.6. The fourth-order valence-corrected chi connectivity index (χ4v) is 3.92. The SMILES string of the molecule is CCN(CC)C(=S)SCC(=O)N[C@@H](c1ccccc1)c1ccc(OC)cc1. The Morgan fingerprint density at radius 2 is 1.67 bits per heavy atom. The lowest BCUT2D eigenvalue weighted by molar-refractivity contribution is -0.119. The second-order valence-corrected chi connectivity index (χ2v) is 7.52. The number of carbonyl (C=O) groups excluding carboxylic acids is 1. The predicted octanol–water partition coefficient (Wildman–Crippen LogP) is 4.26. The van der Waals surface area contributed by atoms with E-state index in [-0.39, 0.29) is 11.9 Å². The lowest BCUT2D eigenvalue weighted by Crippen LogP contribution is -2.32. The van der Waals surface area contributed by atoms with Gasteiger partial charge in [-0.1, -0.05) is 66.4 Å². The minimum Gasteiger partial charge on any atom is -0.497 e. The van der Waals surface area contributed by atoms with Gasteiger partial charge in [-0.25, -0.2) is 0 Å². The molecule has 1 amide bonds. The molecule has 1 N–H and O–H groups in total. The van der Waals surface area contributed by atoms with E-state index in [2.05, 4.69) is 24.1 Å². The number of benzene rings is 2. The highest BCUT2D eigenvalue weighted by Crippen LogP contribution is 2.24. The number of thiocarbonyl (C=S) groups is 1. The number of nitrogens with zero attached hydrogens (tertiary/aromatic N) is 1. The summed E-state index contributed by atoms with van der Waals surface area (Å²) in [6.07, 6.45) is 0. The third kappa shape index (κ3) is 6.26. The van der Waals surface area contributed by atoms with Gasteiger partial charge in [-0.15, -0.1) is 0 Å². The largest absolute Gasteiger partial charge is 0.497 e. The van der Waals surface area contributed by atoms with Gasteiger partial charge in [0, 0.05) is 13.1 Å². The molecule has 0 aromatic heterocycles. The van der Waals surface area contributed by atoms with Crippen molar-refractivity contribution in [1.29, 1.82) is 0 Å². The summed E-state index contributed by atoms with van der Waals surface area (Å²) in [5, 5.41) is 3.14. The fraction of sp³-hybridized carbons (Fsp3) is 0.333. The molecule has 0 aliphatic carbocycles. The Balaban J connectivity index is 2.10. The third-order valence-corrected chi connectivity index (χ3v) is 5.76. The van der Waals surface area contributed by atoms with Crippen LogP contribution in [0, 0.1) is 0 Å². The zero-order valence-corrected chi connectivity index (χ0v) is 17.6. The second kappa shape index (κ2) is 10.9. The summed E-state index contributed by atoms with van der Waals surface area (Å²) < 4.78 is 5.99. The highest BCUT2D eigenvalue weighted by atomic mass is 32.2. The van der Waals surface area contributed by atoms with Crippen molar-refractivity contribution in [3.8, 4) is 5.75 Å². The van der Waals surface area contributed by atoms with Crippen molar-refractivity contribution in [3.63, 3.8) is 0 Å². The molecule has 27 heavy (non-hydrogen) atoms. The monoisotopic (exact) mass is 402 g/mol. The number of nitrogens with one attached hydrogen (secondary N) is 1. The van der Waals surface area contributed by atoms with E-state index in [1.807, 2.05) is 54.6 Å². The molecule has 0 unspecified atom stereocenters. The molecule has 0 aliphatic rings. The first-order valence-corrected chi connectivity index (χ1v) is 10.4. The van der Waals surface area contributed by atoms with Crippen LogP contribution in [-0.4, -0.2) is 41.1 Å². The van der Waals surface area contributed by atoms with Crippen molar-refractivity contribution in [2.75, 3.05) is 26.0 Å². The first kappa shape index (κ1) is 21.3. The van der Waals surface area contributed by atoms with E-state index in [1.165, 1.54) is 11.8 Å². The number of ether oxygens (including phenoxy) is 1. The number of thioether (sulfide) groups is 1.